The Morgan fingerprint density at radius 3 is 2.64 bits per heavy atom. The summed E-state index contributed by atoms with van der Waals surface area (Å²) in [5.41, 5.74) is 0.886. The summed E-state index contributed by atoms with van der Waals surface area (Å²) in [5.74, 6) is -0.355. The van der Waals surface area contributed by atoms with E-state index in [4.69, 9.17) is 11.6 Å². The Morgan fingerprint density at radius 1 is 1.16 bits per heavy atom. The first-order chi connectivity index (χ1) is 12.0. The standard InChI is InChI=1S/C17H13ClFN3O2S/c18-13-9-14(19)12-4-2-7-20-15(12)16(13)22-25(23,24)17-11(10-5-6-10)3-1-8-21-17/h1-4,7-10,22H,5-6H2. The molecule has 0 unspecified atom stereocenters. The largest absolute Gasteiger partial charge is 0.279 e. The molecule has 1 aliphatic rings. The minimum atomic E-state index is -3.98. The zero-order chi connectivity index (χ0) is 17.6. The van der Waals surface area contributed by atoms with Gasteiger partial charge in [-0.25, -0.2) is 9.37 Å². The van der Waals surface area contributed by atoms with Crippen LogP contribution < -0.4 is 4.72 Å². The van der Waals surface area contributed by atoms with Crippen molar-refractivity contribution in [1.82, 2.24) is 9.97 Å². The molecule has 1 aromatic carbocycles. The number of nitrogens with zero attached hydrogens (tertiary/aromatic N) is 2. The number of hydrogen-bond acceptors (Lipinski definition) is 4. The fourth-order valence-electron chi connectivity index (χ4n) is 2.78. The van der Waals surface area contributed by atoms with Crippen molar-refractivity contribution < 1.29 is 12.8 Å². The van der Waals surface area contributed by atoms with Gasteiger partial charge in [0.2, 0.25) is 0 Å². The maximum Gasteiger partial charge on any atom is 0.279 e. The van der Waals surface area contributed by atoms with E-state index in [2.05, 4.69) is 14.7 Å². The van der Waals surface area contributed by atoms with Crippen LogP contribution in [0, 0.1) is 5.82 Å². The predicted octanol–water partition coefficient (Wildman–Crippen LogP) is 4.10. The maximum absolute atomic E-state index is 14.0. The lowest BCUT2D eigenvalue weighted by atomic mass is 10.2. The lowest BCUT2D eigenvalue weighted by Crippen LogP contribution is -2.17. The van der Waals surface area contributed by atoms with E-state index >= 15 is 0 Å². The van der Waals surface area contributed by atoms with Crippen LogP contribution in [-0.2, 0) is 10.0 Å². The van der Waals surface area contributed by atoms with Crippen LogP contribution in [0.1, 0.15) is 24.3 Å². The van der Waals surface area contributed by atoms with E-state index in [1.165, 1.54) is 18.5 Å². The van der Waals surface area contributed by atoms with Crippen molar-refractivity contribution in [2.45, 2.75) is 23.8 Å². The smallest absolute Gasteiger partial charge is 0.275 e. The molecular formula is C17H13ClFN3O2S. The van der Waals surface area contributed by atoms with Crippen LogP contribution in [0.15, 0.2) is 47.8 Å². The summed E-state index contributed by atoms with van der Waals surface area (Å²) in [6, 6.07) is 7.64. The molecule has 4 rings (SSSR count). The van der Waals surface area contributed by atoms with Crippen molar-refractivity contribution in [1.29, 1.82) is 0 Å². The van der Waals surface area contributed by atoms with Gasteiger partial charge in [0.15, 0.2) is 5.03 Å². The molecule has 1 saturated carbocycles. The van der Waals surface area contributed by atoms with Crippen molar-refractivity contribution >= 4 is 38.2 Å². The third-order valence-corrected chi connectivity index (χ3v) is 5.72. The van der Waals surface area contributed by atoms with Gasteiger partial charge in [-0.2, -0.15) is 8.42 Å². The van der Waals surface area contributed by atoms with E-state index in [-0.39, 0.29) is 32.6 Å². The van der Waals surface area contributed by atoms with Crippen LogP contribution in [0.5, 0.6) is 0 Å². The Bertz CT molecular complexity index is 1080. The van der Waals surface area contributed by atoms with Crippen LogP contribution in [0.25, 0.3) is 10.9 Å². The Labute approximate surface area is 148 Å². The van der Waals surface area contributed by atoms with Crippen molar-refractivity contribution in [3.63, 3.8) is 0 Å². The van der Waals surface area contributed by atoms with Gasteiger partial charge in [0.25, 0.3) is 10.0 Å². The molecule has 1 fully saturated rings. The number of pyridine rings is 2. The highest BCUT2D eigenvalue weighted by Crippen LogP contribution is 2.42. The summed E-state index contributed by atoms with van der Waals surface area (Å²) in [5, 5.41) is 0.103. The number of fused-ring (bicyclic) bond motifs is 1. The maximum atomic E-state index is 14.0. The van der Waals surface area contributed by atoms with Gasteiger partial charge in [-0.15, -0.1) is 0 Å². The summed E-state index contributed by atoms with van der Waals surface area (Å²) in [6.07, 6.45) is 4.77. The first kappa shape index (κ1) is 16.2. The van der Waals surface area contributed by atoms with Crippen LogP contribution >= 0.6 is 11.6 Å². The molecule has 128 valence electrons. The molecule has 8 heteroatoms. The lowest BCUT2D eigenvalue weighted by Gasteiger charge is -2.14. The Balaban J connectivity index is 1.84. The summed E-state index contributed by atoms with van der Waals surface area (Å²) in [7, 11) is -3.98. The van der Waals surface area contributed by atoms with Gasteiger partial charge in [0.05, 0.1) is 16.2 Å². The minimum absolute atomic E-state index is 0.0260. The molecule has 0 saturated heterocycles. The number of rotatable bonds is 4. The van der Waals surface area contributed by atoms with Crippen LogP contribution in [0.3, 0.4) is 0 Å². The lowest BCUT2D eigenvalue weighted by molar-refractivity contribution is 0.596. The number of hydrogen-bond donors (Lipinski definition) is 1. The molecule has 2 heterocycles. The second-order valence-corrected chi connectivity index (χ2v) is 7.90. The quantitative estimate of drug-likeness (QED) is 0.743. The van der Waals surface area contributed by atoms with Gasteiger partial charge >= 0.3 is 0 Å². The number of benzene rings is 1. The molecule has 0 spiro atoms. The van der Waals surface area contributed by atoms with Crippen molar-refractivity contribution in [3.8, 4) is 0 Å². The molecule has 1 aliphatic carbocycles. The van der Waals surface area contributed by atoms with Crippen molar-refractivity contribution in [2.75, 3.05) is 4.72 Å². The second-order valence-electron chi connectivity index (χ2n) is 5.89. The van der Waals surface area contributed by atoms with Gasteiger partial charge in [0, 0.05) is 17.8 Å². The van der Waals surface area contributed by atoms with Gasteiger partial charge in [-0.3, -0.25) is 9.71 Å². The topological polar surface area (TPSA) is 72.0 Å². The van der Waals surface area contributed by atoms with Gasteiger partial charge in [-0.05, 0) is 48.6 Å². The number of nitrogens with one attached hydrogen (secondary N) is 1. The number of sulfonamides is 1. The van der Waals surface area contributed by atoms with Crippen molar-refractivity contribution in [3.05, 3.63) is 59.1 Å². The molecule has 0 atom stereocenters. The molecule has 0 bridgehead atoms. The van der Waals surface area contributed by atoms with Crippen LogP contribution in [-0.4, -0.2) is 18.4 Å². The molecule has 2 aromatic heterocycles. The predicted molar refractivity (Wildman–Crippen MR) is 93.7 cm³/mol. The fourth-order valence-corrected chi connectivity index (χ4v) is 4.39. The molecule has 0 aliphatic heterocycles. The third kappa shape index (κ3) is 2.94. The average Bonchev–Trinajstić information content (AvgIpc) is 3.44. The molecule has 5 nitrogen and oxygen atoms in total. The summed E-state index contributed by atoms with van der Waals surface area (Å²) in [6.45, 7) is 0. The highest BCUT2D eigenvalue weighted by molar-refractivity contribution is 7.92. The van der Waals surface area contributed by atoms with E-state index in [1.54, 1.807) is 18.2 Å². The van der Waals surface area contributed by atoms with Gasteiger partial charge in [0.1, 0.15) is 5.82 Å². The SMILES string of the molecule is O=S(=O)(Nc1c(Cl)cc(F)c2cccnc12)c1ncccc1C1CC1. The highest BCUT2D eigenvalue weighted by atomic mass is 35.5. The molecular weight excluding hydrogens is 365 g/mol. The highest BCUT2D eigenvalue weighted by Gasteiger charge is 2.32. The van der Waals surface area contributed by atoms with E-state index in [0.717, 1.165) is 18.9 Å². The zero-order valence-electron chi connectivity index (χ0n) is 12.9. The third-order valence-electron chi connectivity index (χ3n) is 4.10. The van der Waals surface area contributed by atoms with Crippen LogP contribution in [0.4, 0.5) is 10.1 Å². The number of halogens is 2. The summed E-state index contributed by atoms with van der Waals surface area (Å²) < 4.78 is 42.3. The summed E-state index contributed by atoms with van der Waals surface area (Å²) >= 11 is 6.09. The van der Waals surface area contributed by atoms with Crippen molar-refractivity contribution in [2.24, 2.45) is 0 Å². The summed E-state index contributed by atoms with van der Waals surface area (Å²) in [4.78, 5) is 8.13. The Hall–Kier alpha value is -2.25. The molecule has 1 N–H and O–H groups in total. The first-order valence-corrected chi connectivity index (χ1v) is 9.54. The van der Waals surface area contributed by atoms with Gasteiger partial charge < -0.3 is 0 Å². The Morgan fingerprint density at radius 2 is 1.88 bits per heavy atom. The van der Waals surface area contributed by atoms with E-state index in [0.29, 0.717) is 5.56 Å². The monoisotopic (exact) mass is 377 g/mol. The average molecular weight is 378 g/mol. The van der Waals surface area contributed by atoms with E-state index in [9.17, 15) is 12.8 Å². The normalized spacial score (nSPS) is 14.6. The molecule has 3 aromatic rings. The molecule has 0 radical (unpaired) electrons. The fraction of sp³-hybridized carbons (Fsp3) is 0.176. The minimum Gasteiger partial charge on any atom is -0.275 e. The molecule has 25 heavy (non-hydrogen) atoms. The molecule has 0 amide bonds. The van der Waals surface area contributed by atoms with E-state index < -0.39 is 15.8 Å². The van der Waals surface area contributed by atoms with Gasteiger partial charge in [-0.1, -0.05) is 17.7 Å². The first-order valence-electron chi connectivity index (χ1n) is 7.68. The number of anilines is 1. The Kier molecular flexibility index (Phi) is 3.85. The van der Waals surface area contributed by atoms with E-state index in [1.807, 2.05) is 0 Å². The van der Waals surface area contributed by atoms with Crippen LogP contribution in [0.2, 0.25) is 5.02 Å². The second kappa shape index (κ2) is 5.93. The zero-order valence-corrected chi connectivity index (χ0v) is 14.5. The number of aromatic nitrogens is 2.